The zero-order valence-electron chi connectivity index (χ0n) is 16.0. The number of nitrogens with zero attached hydrogens (tertiary/aromatic N) is 2. The van der Waals surface area contributed by atoms with Gasteiger partial charge >= 0.3 is 0 Å². The van der Waals surface area contributed by atoms with E-state index in [9.17, 15) is 14.0 Å². The van der Waals surface area contributed by atoms with Crippen molar-refractivity contribution in [2.75, 3.05) is 13.1 Å². The minimum atomic E-state index is -0.338. The number of carbonyl (C=O) groups is 2. The molecule has 4 nitrogen and oxygen atoms in total. The van der Waals surface area contributed by atoms with Crippen molar-refractivity contribution in [3.63, 3.8) is 0 Å². The Balaban J connectivity index is 1.72. The van der Waals surface area contributed by atoms with E-state index in [4.69, 9.17) is 0 Å². The Morgan fingerprint density at radius 3 is 2.14 bits per heavy atom. The topological polar surface area (TPSA) is 40.6 Å². The molecule has 1 saturated heterocycles. The molecule has 1 fully saturated rings. The molecule has 0 aliphatic carbocycles. The lowest BCUT2D eigenvalue weighted by Crippen LogP contribution is -2.36. The summed E-state index contributed by atoms with van der Waals surface area (Å²) in [6, 6.07) is 13.6. The van der Waals surface area contributed by atoms with Crippen molar-refractivity contribution in [3.05, 3.63) is 76.7 Å². The van der Waals surface area contributed by atoms with Crippen LogP contribution in [0.5, 0.6) is 0 Å². The van der Waals surface area contributed by atoms with Crippen LogP contribution in [0.2, 0.25) is 0 Å². The summed E-state index contributed by atoms with van der Waals surface area (Å²) in [5.74, 6) is -0.874. The second kappa shape index (κ2) is 7.58. The third-order valence-electron chi connectivity index (χ3n) is 5.41. The molecule has 5 heteroatoms. The van der Waals surface area contributed by atoms with Crippen LogP contribution in [0.25, 0.3) is 5.57 Å². The summed E-state index contributed by atoms with van der Waals surface area (Å²) in [5, 5.41) is 0. The highest BCUT2D eigenvalue weighted by Crippen LogP contribution is 2.34. The van der Waals surface area contributed by atoms with Crippen molar-refractivity contribution in [2.24, 2.45) is 0 Å². The van der Waals surface area contributed by atoms with E-state index < -0.39 is 0 Å². The van der Waals surface area contributed by atoms with Crippen molar-refractivity contribution < 1.29 is 14.0 Å². The average molecular weight is 378 g/mol. The smallest absolute Gasteiger partial charge is 0.278 e. The molecule has 0 N–H and O–H groups in total. The maximum Gasteiger partial charge on any atom is 0.278 e. The molecule has 0 radical (unpaired) electrons. The molecule has 2 aromatic carbocycles. The molecule has 28 heavy (non-hydrogen) atoms. The number of piperidine rings is 1. The first kappa shape index (κ1) is 18.4. The predicted molar refractivity (Wildman–Crippen MR) is 105 cm³/mol. The summed E-state index contributed by atoms with van der Waals surface area (Å²) in [6.45, 7) is 3.71. The Bertz CT molecular complexity index is 926. The highest BCUT2D eigenvalue weighted by Gasteiger charge is 2.41. The molecule has 0 saturated carbocycles. The first-order chi connectivity index (χ1) is 13.5. The van der Waals surface area contributed by atoms with Gasteiger partial charge < -0.3 is 4.90 Å². The van der Waals surface area contributed by atoms with Gasteiger partial charge in [0.15, 0.2) is 0 Å². The number of hydrogen-bond acceptors (Lipinski definition) is 3. The number of carbonyl (C=O) groups excluding carboxylic acids is 2. The van der Waals surface area contributed by atoms with Crippen LogP contribution in [0.3, 0.4) is 0 Å². The number of halogens is 1. The van der Waals surface area contributed by atoms with Gasteiger partial charge in [0.25, 0.3) is 11.8 Å². The standard InChI is InChI=1S/C23H23FN2O2/c1-16-5-9-18(10-6-16)20-21(25-13-3-2-4-14-25)23(28)26(22(20)27)15-17-7-11-19(24)12-8-17/h5-12H,2-4,13-15H2,1H3. The number of imide groups is 1. The first-order valence-corrected chi connectivity index (χ1v) is 9.71. The fourth-order valence-electron chi connectivity index (χ4n) is 3.87. The van der Waals surface area contributed by atoms with Gasteiger partial charge in [-0.2, -0.15) is 0 Å². The lowest BCUT2D eigenvalue weighted by atomic mass is 10.0. The molecule has 2 heterocycles. The molecule has 0 bridgehead atoms. The van der Waals surface area contributed by atoms with E-state index in [1.165, 1.54) is 17.0 Å². The molecule has 2 aliphatic rings. The summed E-state index contributed by atoms with van der Waals surface area (Å²) < 4.78 is 13.2. The van der Waals surface area contributed by atoms with Crippen LogP contribution >= 0.6 is 0 Å². The normalized spacial score (nSPS) is 17.6. The Morgan fingerprint density at radius 1 is 0.857 bits per heavy atom. The van der Waals surface area contributed by atoms with Gasteiger partial charge in [0.05, 0.1) is 12.1 Å². The molecule has 2 amide bonds. The second-order valence-electron chi connectivity index (χ2n) is 7.46. The van der Waals surface area contributed by atoms with Gasteiger partial charge in [-0.3, -0.25) is 14.5 Å². The zero-order valence-corrected chi connectivity index (χ0v) is 16.0. The Hall–Kier alpha value is -2.95. The van der Waals surface area contributed by atoms with Crippen LogP contribution in [-0.4, -0.2) is 34.7 Å². The van der Waals surface area contributed by atoms with Gasteiger partial charge in [-0.25, -0.2) is 4.39 Å². The van der Waals surface area contributed by atoms with E-state index in [0.29, 0.717) is 11.3 Å². The summed E-state index contributed by atoms with van der Waals surface area (Å²) >= 11 is 0. The van der Waals surface area contributed by atoms with Crippen molar-refractivity contribution in [1.82, 2.24) is 9.80 Å². The number of likely N-dealkylation sites (tertiary alicyclic amines) is 1. The van der Waals surface area contributed by atoms with Crippen LogP contribution in [0, 0.1) is 12.7 Å². The van der Waals surface area contributed by atoms with Crippen LogP contribution in [-0.2, 0) is 16.1 Å². The van der Waals surface area contributed by atoms with Crippen molar-refractivity contribution in [2.45, 2.75) is 32.7 Å². The summed E-state index contributed by atoms with van der Waals surface area (Å²) in [7, 11) is 0. The first-order valence-electron chi connectivity index (χ1n) is 9.71. The highest BCUT2D eigenvalue weighted by atomic mass is 19.1. The SMILES string of the molecule is Cc1ccc(C2=C(N3CCCCC3)C(=O)N(Cc3ccc(F)cc3)C2=O)cc1. The largest absolute Gasteiger partial charge is 0.366 e. The Kier molecular flexibility index (Phi) is 4.99. The quantitative estimate of drug-likeness (QED) is 0.758. The second-order valence-corrected chi connectivity index (χ2v) is 7.46. The van der Waals surface area contributed by atoms with E-state index in [1.54, 1.807) is 12.1 Å². The van der Waals surface area contributed by atoms with E-state index in [2.05, 4.69) is 4.90 Å². The molecular weight excluding hydrogens is 355 g/mol. The van der Waals surface area contributed by atoms with Gasteiger partial charge in [-0.15, -0.1) is 0 Å². The molecular formula is C23H23FN2O2. The van der Waals surface area contributed by atoms with Gasteiger partial charge in [-0.1, -0.05) is 42.0 Å². The van der Waals surface area contributed by atoms with Gasteiger partial charge in [0, 0.05) is 13.1 Å². The molecule has 2 aliphatic heterocycles. The number of amides is 2. The minimum Gasteiger partial charge on any atom is -0.366 e. The zero-order chi connectivity index (χ0) is 19.7. The minimum absolute atomic E-state index is 0.144. The van der Waals surface area contributed by atoms with Crippen LogP contribution in [0.4, 0.5) is 4.39 Å². The number of benzene rings is 2. The van der Waals surface area contributed by atoms with Gasteiger partial charge in [0.1, 0.15) is 11.5 Å². The Labute approximate surface area is 164 Å². The lowest BCUT2D eigenvalue weighted by Gasteiger charge is -2.29. The van der Waals surface area contributed by atoms with E-state index in [0.717, 1.165) is 49.0 Å². The fraction of sp³-hybridized carbons (Fsp3) is 0.304. The monoisotopic (exact) mass is 378 g/mol. The molecule has 0 aromatic heterocycles. The van der Waals surface area contributed by atoms with E-state index in [1.807, 2.05) is 31.2 Å². The van der Waals surface area contributed by atoms with E-state index >= 15 is 0 Å². The van der Waals surface area contributed by atoms with Crippen LogP contribution in [0.15, 0.2) is 54.2 Å². The summed E-state index contributed by atoms with van der Waals surface area (Å²) in [4.78, 5) is 29.9. The molecule has 2 aromatic rings. The fourth-order valence-corrected chi connectivity index (χ4v) is 3.87. The number of hydrogen-bond donors (Lipinski definition) is 0. The number of aryl methyl sites for hydroxylation is 1. The van der Waals surface area contributed by atoms with Crippen LogP contribution in [0.1, 0.15) is 36.0 Å². The van der Waals surface area contributed by atoms with E-state index in [-0.39, 0.29) is 24.2 Å². The van der Waals surface area contributed by atoms with Crippen LogP contribution < -0.4 is 0 Å². The lowest BCUT2D eigenvalue weighted by molar-refractivity contribution is -0.138. The van der Waals surface area contributed by atoms with Crippen molar-refractivity contribution in [1.29, 1.82) is 0 Å². The predicted octanol–water partition coefficient (Wildman–Crippen LogP) is 3.90. The number of rotatable bonds is 4. The third-order valence-corrected chi connectivity index (χ3v) is 5.41. The van der Waals surface area contributed by atoms with Crippen molar-refractivity contribution >= 4 is 17.4 Å². The summed E-state index contributed by atoms with van der Waals surface area (Å²) in [6.07, 6.45) is 3.18. The van der Waals surface area contributed by atoms with Crippen molar-refractivity contribution in [3.8, 4) is 0 Å². The summed E-state index contributed by atoms with van der Waals surface area (Å²) in [5.41, 5.74) is 3.59. The molecule has 4 rings (SSSR count). The maximum atomic E-state index is 13.3. The van der Waals surface area contributed by atoms with Gasteiger partial charge in [0.2, 0.25) is 0 Å². The molecule has 0 spiro atoms. The Morgan fingerprint density at radius 2 is 1.50 bits per heavy atom. The molecule has 144 valence electrons. The molecule has 0 atom stereocenters. The molecule has 0 unspecified atom stereocenters. The highest BCUT2D eigenvalue weighted by molar-refractivity contribution is 6.35. The average Bonchev–Trinajstić information content (AvgIpc) is 2.95. The maximum absolute atomic E-state index is 13.3. The van der Waals surface area contributed by atoms with Gasteiger partial charge in [-0.05, 0) is 49.4 Å². The third kappa shape index (κ3) is 3.44.